The fourth-order valence-electron chi connectivity index (χ4n) is 3.37. The van der Waals surface area contributed by atoms with Gasteiger partial charge in [-0.3, -0.25) is 9.69 Å². The number of amides is 3. The third kappa shape index (κ3) is 3.30. The van der Waals surface area contributed by atoms with Crippen LogP contribution >= 0.6 is 0 Å². The van der Waals surface area contributed by atoms with Crippen LogP contribution in [0.2, 0.25) is 0 Å². The fraction of sp³-hybridized carbons (Fsp3) is 0.316. The number of hydrogen-bond acceptors (Lipinski definition) is 4. The van der Waals surface area contributed by atoms with E-state index in [1.54, 1.807) is 36.9 Å². The second-order valence-electron chi connectivity index (χ2n) is 6.81. The van der Waals surface area contributed by atoms with Crippen LogP contribution in [-0.4, -0.2) is 28.0 Å². The molecule has 1 aromatic heterocycles. The van der Waals surface area contributed by atoms with Gasteiger partial charge in [-0.15, -0.1) is 0 Å². The van der Waals surface area contributed by atoms with Gasteiger partial charge in [0.1, 0.15) is 11.6 Å². The molecule has 2 N–H and O–H groups in total. The predicted octanol–water partition coefficient (Wildman–Crippen LogP) is 3.26. The molecule has 1 aromatic carbocycles. The molecule has 0 radical (unpaired) electrons. The zero-order chi connectivity index (χ0) is 19.1. The Morgan fingerprint density at radius 1 is 1.33 bits per heavy atom. The van der Waals surface area contributed by atoms with Crippen LogP contribution in [0.25, 0.3) is 0 Å². The van der Waals surface area contributed by atoms with Gasteiger partial charge in [0.05, 0.1) is 11.6 Å². The Labute approximate surface area is 155 Å². The standard InChI is InChI=1S/C19H19FN4O3/c1-10-8-15(23-27-10)21-18(25)16-11(2)24(14-6-7-14)19(26)22-17(16)12-4-3-5-13(20)9-12/h3-5,8-9,14,17H,6-7H2,1-2H3,(H,22,26)(H,21,23,25)/t17-/m1/s1. The molecule has 2 aliphatic rings. The van der Waals surface area contributed by atoms with Crippen molar-refractivity contribution in [2.75, 3.05) is 5.32 Å². The third-order valence-electron chi connectivity index (χ3n) is 4.73. The van der Waals surface area contributed by atoms with Crippen molar-refractivity contribution in [2.45, 2.75) is 38.8 Å². The number of hydrogen-bond donors (Lipinski definition) is 2. The number of carbonyl (C=O) groups is 2. The van der Waals surface area contributed by atoms with Crippen molar-refractivity contribution in [3.8, 4) is 0 Å². The van der Waals surface area contributed by atoms with E-state index in [2.05, 4.69) is 15.8 Å². The van der Waals surface area contributed by atoms with Crippen molar-refractivity contribution in [1.82, 2.24) is 15.4 Å². The Bertz CT molecular complexity index is 948. The molecule has 27 heavy (non-hydrogen) atoms. The van der Waals surface area contributed by atoms with Gasteiger partial charge in [0.25, 0.3) is 5.91 Å². The number of anilines is 1. The quantitative estimate of drug-likeness (QED) is 0.865. The summed E-state index contributed by atoms with van der Waals surface area (Å²) in [5, 5.41) is 9.32. The highest BCUT2D eigenvalue weighted by Crippen LogP contribution is 2.37. The number of urea groups is 1. The van der Waals surface area contributed by atoms with Crippen LogP contribution in [0.4, 0.5) is 15.0 Å². The van der Waals surface area contributed by atoms with E-state index in [-0.39, 0.29) is 17.9 Å². The van der Waals surface area contributed by atoms with Gasteiger partial charge in [0.2, 0.25) is 0 Å². The topological polar surface area (TPSA) is 87.5 Å². The molecule has 1 aliphatic carbocycles. The molecule has 1 fully saturated rings. The Morgan fingerprint density at radius 2 is 2.11 bits per heavy atom. The summed E-state index contributed by atoms with van der Waals surface area (Å²) < 4.78 is 18.7. The number of carbonyl (C=O) groups excluding carboxylic acids is 2. The molecular formula is C19H19FN4O3. The van der Waals surface area contributed by atoms with E-state index in [1.165, 1.54) is 12.1 Å². The maximum atomic E-state index is 13.7. The van der Waals surface area contributed by atoms with E-state index >= 15 is 0 Å². The van der Waals surface area contributed by atoms with Crippen LogP contribution in [0.1, 0.15) is 37.1 Å². The van der Waals surface area contributed by atoms with Crippen molar-refractivity contribution in [2.24, 2.45) is 0 Å². The van der Waals surface area contributed by atoms with E-state index < -0.39 is 17.8 Å². The van der Waals surface area contributed by atoms with Crippen LogP contribution < -0.4 is 10.6 Å². The molecule has 2 aromatic rings. The maximum Gasteiger partial charge on any atom is 0.322 e. The first-order valence-electron chi connectivity index (χ1n) is 8.74. The van der Waals surface area contributed by atoms with E-state index in [1.807, 2.05) is 0 Å². The van der Waals surface area contributed by atoms with E-state index in [4.69, 9.17) is 4.52 Å². The molecular weight excluding hydrogens is 351 g/mol. The van der Waals surface area contributed by atoms with Gasteiger partial charge in [0.15, 0.2) is 5.82 Å². The Balaban J connectivity index is 1.74. The molecule has 2 heterocycles. The monoisotopic (exact) mass is 370 g/mol. The minimum Gasteiger partial charge on any atom is -0.360 e. The highest BCUT2D eigenvalue weighted by Gasteiger charge is 2.42. The van der Waals surface area contributed by atoms with Gasteiger partial charge in [-0.2, -0.15) is 0 Å². The number of nitrogens with zero attached hydrogens (tertiary/aromatic N) is 2. The summed E-state index contributed by atoms with van der Waals surface area (Å²) in [4.78, 5) is 27.3. The number of nitrogens with one attached hydrogen (secondary N) is 2. The van der Waals surface area contributed by atoms with Gasteiger partial charge in [-0.25, -0.2) is 9.18 Å². The van der Waals surface area contributed by atoms with Crippen molar-refractivity contribution in [3.05, 3.63) is 58.7 Å². The van der Waals surface area contributed by atoms with E-state index in [0.717, 1.165) is 12.8 Å². The number of aromatic nitrogens is 1. The second-order valence-corrected chi connectivity index (χ2v) is 6.81. The summed E-state index contributed by atoms with van der Waals surface area (Å²) in [7, 11) is 0. The SMILES string of the molecule is CC1=C(C(=O)Nc2cc(C)on2)[C@@H](c2cccc(F)c2)NC(=O)N1C1CC1. The zero-order valence-corrected chi connectivity index (χ0v) is 15.0. The number of allylic oxidation sites excluding steroid dienone is 1. The van der Waals surface area contributed by atoms with Gasteiger partial charge in [-0.05, 0) is 44.4 Å². The molecule has 0 saturated heterocycles. The van der Waals surface area contributed by atoms with Gasteiger partial charge in [-0.1, -0.05) is 17.3 Å². The first kappa shape index (κ1) is 17.3. The van der Waals surface area contributed by atoms with Crippen LogP contribution in [0.3, 0.4) is 0 Å². The average Bonchev–Trinajstić information content (AvgIpc) is 3.36. The molecule has 1 saturated carbocycles. The van der Waals surface area contributed by atoms with Crippen LogP contribution in [-0.2, 0) is 4.79 Å². The number of rotatable bonds is 4. The van der Waals surface area contributed by atoms with Crippen LogP contribution in [0.5, 0.6) is 0 Å². The van der Waals surface area contributed by atoms with E-state index in [0.29, 0.717) is 22.6 Å². The van der Waals surface area contributed by atoms with Crippen LogP contribution in [0, 0.1) is 12.7 Å². The Kier molecular flexibility index (Phi) is 4.18. The highest BCUT2D eigenvalue weighted by atomic mass is 19.1. The lowest BCUT2D eigenvalue weighted by Gasteiger charge is -2.35. The first-order valence-corrected chi connectivity index (χ1v) is 8.74. The summed E-state index contributed by atoms with van der Waals surface area (Å²) >= 11 is 0. The van der Waals surface area contributed by atoms with Gasteiger partial charge >= 0.3 is 6.03 Å². The maximum absolute atomic E-state index is 13.7. The zero-order valence-electron chi connectivity index (χ0n) is 15.0. The summed E-state index contributed by atoms with van der Waals surface area (Å²) in [5.74, 6) is -0.00322. The lowest BCUT2D eigenvalue weighted by molar-refractivity contribution is -0.113. The molecule has 1 aliphatic heterocycles. The van der Waals surface area contributed by atoms with Crippen molar-refractivity contribution < 1.29 is 18.5 Å². The van der Waals surface area contributed by atoms with Crippen molar-refractivity contribution >= 4 is 17.8 Å². The second kappa shape index (κ2) is 6.53. The molecule has 8 heteroatoms. The molecule has 0 unspecified atom stereocenters. The van der Waals surface area contributed by atoms with Crippen molar-refractivity contribution in [1.29, 1.82) is 0 Å². The van der Waals surface area contributed by atoms with Gasteiger partial charge < -0.3 is 15.2 Å². The van der Waals surface area contributed by atoms with Gasteiger partial charge in [0, 0.05) is 17.8 Å². The molecule has 3 amide bonds. The molecule has 0 spiro atoms. The Morgan fingerprint density at radius 3 is 2.74 bits per heavy atom. The highest BCUT2D eigenvalue weighted by molar-refractivity contribution is 6.06. The minimum absolute atomic E-state index is 0.0931. The number of benzene rings is 1. The molecule has 7 nitrogen and oxygen atoms in total. The lowest BCUT2D eigenvalue weighted by Crippen LogP contribution is -2.49. The molecule has 0 bridgehead atoms. The first-order chi connectivity index (χ1) is 12.9. The fourth-order valence-corrected chi connectivity index (χ4v) is 3.37. The largest absolute Gasteiger partial charge is 0.360 e. The number of aryl methyl sites for hydroxylation is 1. The Hall–Kier alpha value is -3.16. The summed E-state index contributed by atoms with van der Waals surface area (Å²) in [6.07, 6.45) is 1.79. The molecule has 4 rings (SSSR count). The molecule has 1 atom stereocenters. The van der Waals surface area contributed by atoms with E-state index in [9.17, 15) is 14.0 Å². The average molecular weight is 370 g/mol. The summed E-state index contributed by atoms with van der Waals surface area (Å²) in [6.45, 7) is 3.46. The summed E-state index contributed by atoms with van der Waals surface area (Å²) in [5.41, 5.74) is 1.42. The normalized spacial score (nSPS) is 19.9. The minimum atomic E-state index is -0.754. The molecule has 140 valence electrons. The lowest BCUT2D eigenvalue weighted by atomic mass is 9.94. The number of halogens is 1. The van der Waals surface area contributed by atoms with Crippen LogP contribution in [0.15, 0.2) is 46.1 Å². The third-order valence-corrected chi connectivity index (χ3v) is 4.73. The summed E-state index contributed by atoms with van der Waals surface area (Å²) in [6, 6.07) is 6.53. The predicted molar refractivity (Wildman–Crippen MR) is 95.1 cm³/mol. The smallest absolute Gasteiger partial charge is 0.322 e. The van der Waals surface area contributed by atoms with Crippen molar-refractivity contribution in [3.63, 3.8) is 0 Å².